The Balaban J connectivity index is 2.09. The first-order chi connectivity index (χ1) is 16.5. The van der Waals surface area contributed by atoms with E-state index in [-0.39, 0.29) is 11.8 Å². The molecule has 0 saturated carbocycles. The number of rotatable bonds is 5. The number of amides is 1. The highest BCUT2D eigenvalue weighted by Gasteiger charge is 2.40. The van der Waals surface area contributed by atoms with Gasteiger partial charge in [-0.3, -0.25) is 4.79 Å². The molecule has 1 amide bonds. The van der Waals surface area contributed by atoms with Gasteiger partial charge >= 0.3 is 12.4 Å². The lowest BCUT2D eigenvalue weighted by atomic mass is 9.81. The molecule has 1 aromatic heterocycles. The molecule has 0 aliphatic heterocycles. The van der Waals surface area contributed by atoms with E-state index in [1.807, 2.05) is 0 Å². The fourth-order valence-electron chi connectivity index (χ4n) is 3.42. The number of hydrogen-bond acceptors (Lipinski definition) is 3. The van der Waals surface area contributed by atoms with Gasteiger partial charge in [0.15, 0.2) is 0 Å². The van der Waals surface area contributed by atoms with Crippen LogP contribution in [0.3, 0.4) is 0 Å². The van der Waals surface area contributed by atoms with Crippen LogP contribution in [0, 0.1) is 0 Å². The quantitative estimate of drug-likeness (QED) is 0.350. The Hall–Kier alpha value is -3.27. The number of carbonyl (C=O) groups is 1. The second kappa shape index (κ2) is 9.65. The summed E-state index contributed by atoms with van der Waals surface area (Å²) in [7, 11) is 3.51. The van der Waals surface area contributed by atoms with Crippen molar-refractivity contribution in [1.82, 2.24) is 4.98 Å². The molecule has 192 valence electrons. The van der Waals surface area contributed by atoms with Crippen molar-refractivity contribution in [2.24, 2.45) is 0 Å². The van der Waals surface area contributed by atoms with Crippen LogP contribution >= 0.6 is 11.6 Å². The van der Waals surface area contributed by atoms with Gasteiger partial charge in [-0.2, -0.15) is 26.3 Å². The molecule has 0 spiro atoms. The first kappa shape index (κ1) is 27.3. The van der Waals surface area contributed by atoms with Crippen LogP contribution in [0.15, 0.2) is 54.7 Å². The average Bonchev–Trinajstić information content (AvgIpc) is 2.78. The van der Waals surface area contributed by atoms with Crippen LogP contribution in [-0.2, 0) is 22.6 Å². The largest absolute Gasteiger partial charge is 0.416 e. The van der Waals surface area contributed by atoms with Crippen LogP contribution in [0.4, 0.5) is 37.8 Å². The normalized spacial score (nSPS) is 12.4. The number of pyridine rings is 1. The third kappa shape index (κ3) is 5.75. The van der Waals surface area contributed by atoms with Gasteiger partial charge in [-0.15, -0.1) is 0 Å². The number of hydrogen-bond donors (Lipinski definition) is 1. The van der Waals surface area contributed by atoms with Crippen molar-refractivity contribution in [2.75, 3.05) is 24.3 Å². The number of carbonyl (C=O) groups excluding carboxylic acids is 1. The minimum atomic E-state index is -5.04. The van der Waals surface area contributed by atoms with Crippen molar-refractivity contribution < 1.29 is 31.1 Å². The Kier molecular flexibility index (Phi) is 7.32. The molecule has 3 aromatic rings. The molecular formula is C25H22ClF6N3O. The highest BCUT2D eigenvalue weighted by molar-refractivity contribution is 6.33. The summed E-state index contributed by atoms with van der Waals surface area (Å²) in [5, 5.41) is 2.99. The van der Waals surface area contributed by atoms with Crippen molar-refractivity contribution in [3.8, 4) is 11.1 Å². The summed E-state index contributed by atoms with van der Waals surface area (Å²) in [6.07, 6.45) is -8.72. The van der Waals surface area contributed by atoms with Gasteiger partial charge < -0.3 is 10.2 Å². The number of aromatic nitrogens is 1. The van der Waals surface area contributed by atoms with Gasteiger partial charge in [0.25, 0.3) is 0 Å². The molecule has 11 heteroatoms. The first-order valence-corrected chi connectivity index (χ1v) is 10.9. The molecule has 3 rings (SSSR count). The van der Waals surface area contributed by atoms with E-state index in [1.165, 1.54) is 20.0 Å². The maximum atomic E-state index is 13.4. The van der Waals surface area contributed by atoms with Crippen molar-refractivity contribution in [3.05, 3.63) is 76.4 Å². The van der Waals surface area contributed by atoms with Gasteiger partial charge in [0, 0.05) is 30.2 Å². The number of benzene rings is 2. The molecule has 0 atom stereocenters. The van der Waals surface area contributed by atoms with E-state index < -0.39 is 40.4 Å². The molecular weight excluding hydrogens is 508 g/mol. The first-order valence-electron chi connectivity index (χ1n) is 10.6. The zero-order valence-corrected chi connectivity index (χ0v) is 20.4. The zero-order valence-electron chi connectivity index (χ0n) is 19.6. The lowest BCUT2D eigenvalue weighted by molar-refractivity contribution is -0.143. The van der Waals surface area contributed by atoms with Crippen LogP contribution in [0.1, 0.15) is 30.5 Å². The Morgan fingerprint density at radius 1 is 0.861 bits per heavy atom. The fourth-order valence-corrected chi connectivity index (χ4v) is 3.65. The van der Waals surface area contributed by atoms with Gasteiger partial charge in [-0.25, -0.2) is 4.98 Å². The van der Waals surface area contributed by atoms with Crippen molar-refractivity contribution >= 4 is 29.0 Å². The summed E-state index contributed by atoms with van der Waals surface area (Å²) in [5.74, 6) is -0.294. The molecule has 0 aliphatic carbocycles. The summed E-state index contributed by atoms with van der Waals surface area (Å²) in [4.78, 5) is 19.3. The third-order valence-electron chi connectivity index (χ3n) is 5.64. The smallest absolute Gasteiger partial charge is 0.363 e. The maximum absolute atomic E-state index is 13.4. The molecule has 0 fully saturated rings. The van der Waals surface area contributed by atoms with Crippen LogP contribution in [0.25, 0.3) is 11.1 Å². The number of alkyl halides is 6. The fraction of sp³-hybridized carbons (Fsp3) is 0.280. The third-order valence-corrected chi connectivity index (χ3v) is 5.97. The second-order valence-electron chi connectivity index (χ2n) is 8.84. The Morgan fingerprint density at radius 2 is 1.39 bits per heavy atom. The Morgan fingerprint density at radius 3 is 1.89 bits per heavy atom. The second-order valence-corrected chi connectivity index (χ2v) is 9.24. The Bertz CT molecular complexity index is 1250. The lowest BCUT2D eigenvalue weighted by Crippen LogP contribution is -2.35. The monoisotopic (exact) mass is 529 g/mol. The molecule has 0 saturated heterocycles. The van der Waals surface area contributed by atoms with E-state index in [2.05, 4.69) is 10.3 Å². The van der Waals surface area contributed by atoms with Gasteiger partial charge in [0.05, 0.1) is 28.4 Å². The number of anilines is 2. The van der Waals surface area contributed by atoms with Crippen LogP contribution in [0.5, 0.6) is 0 Å². The minimum absolute atomic E-state index is 0.0247. The molecule has 0 aliphatic rings. The van der Waals surface area contributed by atoms with Crippen molar-refractivity contribution in [1.29, 1.82) is 0 Å². The van der Waals surface area contributed by atoms with E-state index in [0.29, 0.717) is 34.1 Å². The summed E-state index contributed by atoms with van der Waals surface area (Å²) in [5.41, 5.74) is -4.00. The molecule has 1 N–H and O–H groups in total. The molecule has 1 heterocycles. The van der Waals surface area contributed by atoms with Crippen LogP contribution < -0.4 is 10.2 Å². The molecule has 0 unspecified atom stereocenters. The number of nitrogens with zero attached hydrogens (tertiary/aromatic N) is 2. The summed E-state index contributed by atoms with van der Waals surface area (Å²) in [6.45, 7) is 2.49. The predicted molar refractivity (Wildman–Crippen MR) is 127 cm³/mol. The van der Waals surface area contributed by atoms with E-state index >= 15 is 0 Å². The number of halogens is 7. The SMILES string of the molecule is CN(C)c1cc(-c2ccccc2Cl)c(NC(=O)C(C)(C)c2cc(C(F)(F)F)cc(C(F)(F)F)c2)cn1. The lowest BCUT2D eigenvalue weighted by Gasteiger charge is -2.27. The summed E-state index contributed by atoms with van der Waals surface area (Å²) in [6, 6.07) is 9.59. The summed E-state index contributed by atoms with van der Waals surface area (Å²) >= 11 is 6.35. The number of nitrogens with one attached hydrogen (secondary N) is 1. The minimum Gasteiger partial charge on any atom is -0.363 e. The van der Waals surface area contributed by atoms with Gasteiger partial charge in [-0.1, -0.05) is 29.8 Å². The van der Waals surface area contributed by atoms with E-state index in [0.717, 1.165) is 0 Å². The van der Waals surface area contributed by atoms with Gasteiger partial charge in [-0.05, 0) is 49.7 Å². The van der Waals surface area contributed by atoms with Crippen molar-refractivity contribution in [3.63, 3.8) is 0 Å². The maximum Gasteiger partial charge on any atom is 0.416 e. The molecule has 2 aromatic carbocycles. The summed E-state index contributed by atoms with van der Waals surface area (Å²) < 4.78 is 80.2. The highest BCUT2D eigenvalue weighted by Crippen LogP contribution is 2.40. The van der Waals surface area contributed by atoms with Crippen molar-refractivity contribution in [2.45, 2.75) is 31.6 Å². The predicted octanol–water partition coefficient (Wildman–Crippen LogP) is 7.42. The highest BCUT2D eigenvalue weighted by atomic mass is 35.5. The topological polar surface area (TPSA) is 45.2 Å². The molecule has 36 heavy (non-hydrogen) atoms. The van der Waals surface area contributed by atoms with Gasteiger partial charge in [0.1, 0.15) is 5.82 Å². The molecule has 4 nitrogen and oxygen atoms in total. The average molecular weight is 530 g/mol. The Labute approximate surface area is 208 Å². The standard InChI is InChI=1S/C25H22ClF6N3O/c1-23(2,14-9-15(24(27,28)29)11-16(10-14)25(30,31)32)22(36)34-20-13-33-21(35(3)4)12-18(20)17-7-5-6-8-19(17)26/h5-13H,1-4H3,(H,34,36). The van der Waals surface area contributed by atoms with E-state index in [4.69, 9.17) is 11.6 Å². The van der Waals surface area contributed by atoms with E-state index in [1.54, 1.807) is 49.3 Å². The van der Waals surface area contributed by atoms with Crippen LogP contribution in [0.2, 0.25) is 5.02 Å². The molecule has 0 radical (unpaired) electrons. The molecule has 0 bridgehead atoms. The van der Waals surface area contributed by atoms with E-state index in [9.17, 15) is 31.1 Å². The zero-order chi connectivity index (χ0) is 27.1. The van der Waals surface area contributed by atoms with Crippen LogP contribution in [-0.4, -0.2) is 25.0 Å². The van der Waals surface area contributed by atoms with Gasteiger partial charge in [0.2, 0.25) is 5.91 Å².